The van der Waals surface area contributed by atoms with Gasteiger partial charge in [-0.15, -0.1) is 11.3 Å². The van der Waals surface area contributed by atoms with Crippen LogP contribution in [0.5, 0.6) is 5.75 Å². The maximum absolute atomic E-state index is 12.9. The summed E-state index contributed by atoms with van der Waals surface area (Å²) >= 11 is 1.62. The Bertz CT molecular complexity index is 1270. The molecule has 9 heteroatoms. The van der Waals surface area contributed by atoms with E-state index in [0.717, 1.165) is 27.0 Å². The summed E-state index contributed by atoms with van der Waals surface area (Å²) in [5.41, 5.74) is 3.47. The average molecular weight is 523 g/mol. The first-order valence-corrected chi connectivity index (χ1v) is 13.3. The van der Waals surface area contributed by atoms with Gasteiger partial charge in [0.1, 0.15) is 5.75 Å². The highest BCUT2D eigenvalue weighted by Gasteiger charge is 2.41. The van der Waals surface area contributed by atoms with Gasteiger partial charge < -0.3 is 14.7 Å². The van der Waals surface area contributed by atoms with Crippen LogP contribution in [-0.4, -0.2) is 66.9 Å². The molecule has 1 atom stereocenters. The number of anilines is 1. The predicted octanol–water partition coefficient (Wildman–Crippen LogP) is 3.82. The number of fused-ring (bicyclic) bond motifs is 1. The van der Waals surface area contributed by atoms with E-state index in [1.165, 1.54) is 0 Å². The van der Waals surface area contributed by atoms with Gasteiger partial charge in [0.05, 0.1) is 47.5 Å². The molecule has 0 radical (unpaired) electrons. The van der Waals surface area contributed by atoms with Crippen molar-refractivity contribution >= 4 is 33.8 Å². The third kappa shape index (κ3) is 6.05. The molecule has 1 aromatic carbocycles. The molecule has 3 aromatic rings. The number of ether oxygens (including phenoxy) is 1. The molecule has 196 valence electrons. The number of hydrogen-bond acceptors (Lipinski definition) is 8. The van der Waals surface area contributed by atoms with E-state index >= 15 is 0 Å². The summed E-state index contributed by atoms with van der Waals surface area (Å²) in [6.45, 7) is 2.02. The molecule has 0 unspecified atom stereocenters. The van der Waals surface area contributed by atoms with Gasteiger partial charge in [-0.05, 0) is 55.3 Å². The number of aliphatic hydroxyl groups is 1. The van der Waals surface area contributed by atoms with Gasteiger partial charge in [0.15, 0.2) is 0 Å². The quantitative estimate of drug-likeness (QED) is 0.235. The van der Waals surface area contributed by atoms with Crippen LogP contribution in [0.3, 0.4) is 0 Å². The fourth-order valence-electron chi connectivity index (χ4n) is 5.01. The summed E-state index contributed by atoms with van der Waals surface area (Å²) < 4.78 is 5.42. The number of nitrogens with zero attached hydrogens (tertiary/aromatic N) is 3. The van der Waals surface area contributed by atoms with Crippen LogP contribution in [0.1, 0.15) is 42.2 Å². The number of aromatic nitrogens is 1. The second kappa shape index (κ2) is 11.9. The highest BCUT2D eigenvalue weighted by atomic mass is 32.1. The number of hydroxylamine groups is 1. The van der Waals surface area contributed by atoms with Crippen molar-refractivity contribution in [1.29, 1.82) is 0 Å². The number of carbonyl (C=O) groups excluding carboxylic acids is 1. The maximum Gasteiger partial charge on any atom is 0.249 e. The monoisotopic (exact) mass is 522 g/mol. The molecule has 1 aliphatic rings. The summed E-state index contributed by atoms with van der Waals surface area (Å²) in [6, 6.07) is 9.60. The molecular weight excluding hydrogens is 488 g/mol. The summed E-state index contributed by atoms with van der Waals surface area (Å²) in [5.74, 6) is 6.69. The maximum atomic E-state index is 12.9. The summed E-state index contributed by atoms with van der Waals surface area (Å²) in [4.78, 5) is 22.6. The first-order chi connectivity index (χ1) is 17.9. The van der Waals surface area contributed by atoms with Gasteiger partial charge in [0, 0.05) is 38.1 Å². The van der Waals surface area contributed by atoms with E-state index in [9.17, 15) is 15.1 Å². The van der Waals surface area contributed by atoms with Gasteiger partial charge in [-0.1, -0.05) is 17.9 Å². The SMILES string of the molecule is COc1ccc2ncc(N(C)C)c([C@H](O)CCC3(C(=O)NO)CCN(CC#Cc4cccs4)CC3)c2c1. The molecule has 0 bridgehead atoms. The minimum absolute atomic E-state index is 0.364. The Labute approximate surface area is 221 Å². The number of thiophene rings is 1. The zero-order chi connectivity index (χ0) is 26.4. The molecule has 1 amide bonds. The topological polar surface area (TPSA) is 98.2 Å². The fourth-order valence-corrected chi connectivity index (χ4v) is 5.60. The lowest BCUT2D eigenvalue weighted by Crippen LogP contribution is -2.48. The second-order valence-electron chi connectivity index (χ2n) is 9.67. The largest absolute Gasteiger partial charge is 0.497 e. The summed E-state index contributed by atoms with van der Waals surface area (Å²) in [7, 11) is 5.44. The van der Waals surface area contributed by atoms with Gasteiger partial charge in [0.2, 0.25) is 5.91 Å². The molecule has 0 spiro atoms. The minimum atomic E-state index is -0.826. The standard InChI is InChI=1S/C28H34N4O4S/c1-31(2)24-19-29-23-9-8-20(36-3)18-22(23)26(24)25(33)10-11-28(27(34)30-35)12-15-32(16-13-28)14-4-6-21-7-5-17-37-21/h5,7-9,17-19,25,33,35H,10-16H2,1-3H3,(H,30,34)/t25-/m1/s1. The Balaban J connectivity index is 1.50. The number of nitrogens with one attached hydrogen (secondary N) is 1. The molecule has 1 aliphatic heterocycles. The van der Waals surface area contributed by atoms with Gasteiger partial charge in [-0.3, -0.25) is 19.9 Å². The molecule has 4 rings (SSSR count). The number of pyridine rings is 1. The number of aliphatic hydroxyl groups excluding tert-OH is 1. The van der Waals surface area contributed by atoms with E-state index in [-0.39, 0.29) is 0 Å². The van der Waals surface area contributed by atoms with Crippen LogP contribution in [0.15, 0.2) is 41.9 Å². The molecule has 3 N–H and O–H groups in total. The van der Waals surface area contributed by atoms with E-state index in [4.69, 9.17) is 4.74 Å². The van der Waals surface area contributed by atoms with Crippen LogP contribution in [-0.2, 0) is 4.79 Å². The zero-order valence-electron chi connectivity index (χ0n) is 21.5. The van der Waals surface area contributed by atoms with Gasteiger partial charge >= 0.3 is 0 Å². The fraction of sp³-hybridized carbons (Fsp3) is 0.429. The number of piperidine rings is 1. The Kier molecular flexibility index (Phi) is 8.67. The predicted molar refractivity (Wildman–Crippen MR) is 146 cm³/mol. The van der Waals surface area contributed by atoms with Crippen LogP contribution >= 0.6 is 11.3 Å². The van der Waals surface area contributed by atoms with Crippen LogP contribution in [0, 0.1) is 17.3 Å². The number of amides is 1. The summed E-state index contributed by atoms with van der Waals surface area (Å²) in [5, 5.41) is 23.8. The highest BCUT2D eigenvalue weighted by molar-refractivity contribution is 7.10. The third-order valence-corrected chi connectivity index (χ3v) is 8.02. The van der Waals surface area contributed by atoms with Crippen molar-refractivity contribution in [2.45, 2.75) is 31.8 Å². The molecule has 3 heterocycles. The van der Waals surface area contributed by atoms with E-state index in [0.29, 0.717) is 51.1 Å². The lowest BCUT2D eigenvalue weighted by Gasteiger charge is -2.40. The zero-order valence-corrected chi connectivity index (χ0v) is 22.3. The van der Waals surface area contributed by atoms with Crippen LogP contribution in [0.4, 0.5) is 5.69 Å². The van der Waals surface area contributed by atoms with Gasteiger partial charge in [0.25, 0.3) is 0 Å². The average Bonchev–Trinajstić information content (AvgIpc) is 3.44. The van der Waals surface area contributed by atoms with Crippen molar-refractivity contribution in [3.05, 3.63) is 52.3 Å². The van der Waals surface area contributed by atoms with Crippen molar-refractivity contribution in [2.75, 3.05) is 45.7 Å². The van der Waals surface area contributed by atoms with Crippen molar-refractivity contribution < 1.29 is 19.8 Å². The Morgan fingerprint density at radius 1 is 1.32 bits per heavy atom. The molecule has 0 saturated carbocycles. The van der Waals surface area contributed by atoms with Gasteiger partial charge in [-0.2, -0.15) is 0 Å². The first-order valence-electron chi connectivity index (χ1n) is 12.4. The molecule has 8 nitrogen and oxygen atoms in total. The normalized spacial score (nSPS) is 16.0. The number of hydrogen-bond donors (Lipinski definition) is 3. The molecule has 0 aliphatic carbocycles. The Hall–Kier alpha value is -3.16. The molecule has 2 aromatic heterocycles. The Morgan fingerprint density at radius 3 is 2.76 bits per heavy atom. The lowest BCUT2D eigenvalue weighted by molar-refractivity contribution is -0.143. The van der Waals surface area contributed by atoms with E-state index in [1.807, 2.05) is 60.2 Å². The Morgan fingerprint density at radius 2 is 2.11 bits per heavy atom. The van der Waals surface area contributed by atoms with E-state index in [2.05, 4.69) is 21.7 Å². The number of rotatable bonds is 8. The summed E-state index contributed by atoms with van der Waals surface area (Å²) in [6.07, 6.45) is 2.90. The molecule has 1 fully saturated rings. The number of carbonyl (C=O) groups is 1. The second-order valence-corrected chi connectivity index (χ2v) is 10.6. The molecule has 37 heavy (non-hydrogen) atoms. The smallest absolute Gasteiger partial charge is 0.249 e. The minimum Gasteiger partial charge on any atom is -0.497 e. The van der Waals surface area contributed by atoms with Crippen LogP contribution < -0.4 is 15.1 Å². The van der Waals surface area contributed by atoms with E-state index < -0.39 is 17.4 Å². The number of likely N-dealkylation sites (tertiary alicyclic amines) is 1. The van der Waals surface area contributed by atoms with Crippen molar-refractivity contribution in [3.8, 4) is 17.6 Å². The third-order valence-electron chi connectivity index (χ3n) is 7.24. The van der Waals surface area contributed by atoms with Crippen molar-refractivity contribution in [3.63, 3.8) is 0 Å². The highest BCUT2D eigenvalue weighted by Crippen LogP contribution is 2.41. The van der Waals surface area contributed by atoms with Gasteiger partial charge in [-0.25, -0.2) is 5.48 Å². The van der Waals surface area contributed by atoms with Crippen molar-refractivity contribution in [1.82, 2.24) is 15.4 Å². The lowest BCUT2D eigenvalue weighted by atomic mass is 9.73. The molecule has 1 saturated heterocycles. The van der Waals surface area contributed by atoms with Crippen LogP contribution in [0.2, 0.25) is 0 Å². The van der Waals surface area contributed by atoms with Crippen LogP contribution in [0.25, 0.3) is 10.9 Å². The number of methoxy groups -OCH3 is 1. The molecular formula is C28H34N4O4S. The van der Waals surface area contributed by atoms with E-state index in [1.54, 1.807) is 24.6 Å². The van der Waals surface area contributed by atoms with Crippen molar-refractivity contribution in [2.24, 2.45) is 5.41 Å². The number of benzene rings is 1. The first kappa shape index (κ1) is 26.9.